The van der Waals surface area contributed by atoms with Gasteiger partial charge in [-0.15, -0.1) is 0 Å². The normalized spacial score (nSPS) is 17.9. The first-order chi connectivity index (χ1) is 12.4. The van der Waals surface area contributed by atoms with Crippen LogP contribution < -0.4 is 16.2 Å². The van der Waals surface area contributed by atoms with E-state index < -0.39 is 4.92 Å². The molecule has 2 aromatic rings. The van der Waals surface area contributed by atoms with Crippen molar-refractivity contribution < 1.29 is 9.72 Å². The van der Waals surface area contributed by atoms with Gasteiger partial charge >= 0.3 is 0 Å². The van der Waals surface area contributed by atoms with Crippen molar-refractivity contribution in [3.63, 3.8) is 0 Å². The lowest BCUT2D eigenvalue weighted by Gasteiger charge is -2.11. The second-order valence-corrected chi connectivity index (χ2v) is 6.64. The fourth-order valence-corrected chi connectivity index (χ4v) is 2.91. The van der Waals surface area contributed by atoms with Gasteiger partial charge in [0.1, 0.15) is 0 Å². The van der Waals surface area contributed by atoms with Crippen molar-refractivity contribution in [2.24, 2.45) is 5.92 Å². The van der Waals surface area contributed by atoms with Crippen LogP contribution in [0.25, 0.3) is 0 Å². The lowest BCUT2D eigenvalue weighted by Crippen LogP contribution is -2.44. The minimum Gasteiger partial charge on any atom is -0.331 e. The smallest absolute Gasteiger partial charge is 0.271 e. The van der Waals surface area contributed by atoms with Crippen LogP contribution in [0.1, 0.15) is 23.5 Å². The van der Waals surface area contributed by atoms with Crippen LogP contribution in [0.15, 0.2) is 48.5 Å². The van der Waals surface area contributed by atoms with E-state index in [-0.39, 0.29) is 28.5 Å². The predicted molar refractivity (Wildman–Crippen MR) is 103 cm³/mol. The summed E-state index contributed by atoms with van der Waals surface area (Å²) in [4.78, 5) is 22.5. The molecule has 0 radical (unpaired) electrons. The largest absolute Gasteiger partial charge is 0.331 e. The van der Waals surface area contributed by atoms with Gasteiger partial charge in [-0.3, -0.25) is 25.8 Å². The minimum absolute atomic E-state index is 0.0410. The summed E-state index contributed by atoms with van der Waals surface area (Å²) in [6.45, 7) is 2.03. The van der Waals surface area contributed by atoms with Crippen molar-refractivity contribution in [2.45, 2.75) is 19.3 Å². The van der Waals surface area contributed by atoms with Crippen LogP contribution in [-0.2, 0) is 4.79 Å². The van der Waals surface area contributed by atoms with Crippen LogP contribution in [0.2, 0.25) is 0 Å². The lowest BCUT2D eigenvalue weighted by atomic mass is 10.1. The second kappa shape index (κ2) is 7.49. The number of hydrazine groups is 1. The number of benzene rings is 2. The average Bonchev–Trinajstić information content (AvgIpc) is 3.41. The Morgan fingerprint density at radius 1 is 1.19 bits per heavy atom. The van der Waals surface area contributed by atoms with Gasteiger partial charge in [-0.05, 0) is 43.1 Å². The molecule has 1 saturated carbocycles. The van der Waals surface area contributed by atoms with E-state index in [4.69, 9.17) is 12.2 Å². The SMILES string of the molecule is Cc1ccc([C@H]2C[C@@H]2C(=O)NNC(=S)Nc2cccc([N+](=O)[O-])c2)cc1. The quantitative estimate of drug-likeness (QED) is 0.435. The molecule has 0 aliphatic heterocycles. The fourth-order valence-electron chi connectivity index (χ4n) is 2.74. The molecule has 26 heavy (non-hydrogen) atoms. The summed E-state index contributed by atoms with van der Waals surface area (Å²) >= 11 is 5.10. The summed E-state index contributed by atoms with van der Waals surface area (Å²) in [6, 6.07) is 14.1. The number of hydrogen-bond acceptors (Lipinski definition) is 4. The Morgan fingerprint density at radius 2 is 1.92 bits per heavy atom. The molecule has 0 aromatic heterocycles. The highest BCUT2D eigenvalue weighted by Gasteiger charge is 2.43. The number of nitro benzene ring substituents is 1. The molecule has 3 rings (SSSR count). The first-order valence-electron chi connectivity index (χ1n) is 8.12. The summed E-state index contributed by atoms with van der Waals surface area (Å²) in [5.41, 5.74) is 8.00. The Kier molecular flexibility index (Phi) is 5.13. The van der Waals surface area contributed by atoms with Gasteiger partial charge < -0.3 is 5.32 Å². The van der Waals surface area contributed by atoms with Gasteiger partial charge in [-0.1, -0.05) is 35.9 Å². The summed E-state index contributed by atoms with van der Waals surface area (Å²) in [5, 5.41) is 13.7. The molecule has 0 spiro atoms. The van der Waals surface area contributed by atoms with Gasteiger partial charge in [0.05, 0.1) is 4.92 Å². The van der Waals surface area contributed by atoms with Crippen LogP contribution in [0.3, 0.4) is 0 Å². The molecular formula is C18H18N4O3S. The lowest BCUT2D eigenvalue weighted by molar-refractivity contribution is -0.384. The Morgan fingerprint density at radius 3 is 2.62 bits per heavy atom. The highest BCUT2D eigenvalue weighted by Crippen LogP contribution is 2.47. The number of nitrogens with zero attached hydrogens (tertiary/aromatic N) is 1. The second-order valence-electron chi connectivity index (χ2n) is 6.24. The van der Waals surface area contributed by atoms with Crippen LogP contribution in [0.4, 0.5) is 11.4 Å². The van der Waals surface area contributed by atoms with Gasteiger partial charge in [0.25, 0.3) is 5.69 Å². The van der Waals surface area contributed by atoms with Crippen LogP contribution in [0.5, 0.6) is 0 Å². The van der Waals surface area contributed by atoms with E-state index in [0.717, 1.165) is 12.0 Å². The number of nitrogens with one attached hydrogen (secondary N) is 3. The minimum atomic E-state index is -0.484. The van der Waals surface area contributed by atoms with E-state index in [1.165, 1.54) is 17.7 Å². The third kappa shape index (κ3) is 4.34. The molecule has 0 unspecified atom stereocenters. The Labute approximate surface area is 155 Å². The van der Waals surface area contributed by atoms with E-state index in [2.05, 4.69) is 28.3 Å². The topological polar surface area (TPSA) is 96.3 Å². The summed E-state index contributed by atoms with van der Waals surface area (Å²) in [5.74, 6) is 0.0280. The van der Waals surface area contributed by atoms with Crippen molar-refractivity contribution in [3.05, 3.63) is 69.8 Å². The van der Waals surface area contributed by atoms with Crippen LogP contribution in [-0.4, -0.2) is 15.9 Å². The van der Waals surface area contributed by atoms with E-state index >= 15 is 0 Å². The summed E-state index contributed by atoms with van der Waals surface area (Å²) < 4.78 is 0. The third-order valence-electron chi connectivity index (χ3n) is 4.25. The molecule has 2 atom stereocenters. The van der Waals surface area contributed by atoms with E-state index in [1.807, 2.05) is 19.1 Å². The van der Waals surface area contributed by atoms with E-state index in [0.29, 0.717) is 5.69 Å². The first-order valence-corrected chi connectivity index (χ1v) is 8.53. The molecule has 8 heteroatoms. The number of carbonyl (C=O) groups excluding carboxylic acids is 1. The van der Waals surface area contributed by atoms with Gasteiger partial charge in [0.2, 0.25) is 5.91 Å². The van der Waals surface area contributed by atoms with Crippen molar-refractivity contribution in [1.29, 1.82) is 0 Å². The number of anilines is 1. The van der Waals surface area contributed by atoms with E-state index in [1.54, 1.807) is 12.1 Å². The number of aryl methyl sites for hydroxylation is 1. The standard InChI is InChI=1S/C18H18N4O3S/c1-11-5-7-12(8-6-11)15-10-16(15)17(23)20-21-18(26)19-13-3-2-4-14(9-13)22(24)25/h2-9,15-16H,10H2,1H3,(H,20,23)(H2,19,21,26)/t15-,16+/m1/s1. The van der Waals surface area contributed by atoms with Gasteiger partial charge in [0, 0.05) is 23.7 Å². The molecule has 0 saturated heterocycles. The van der Waals surface area contributed by atoms with Crippen molar-refractivity contribution >= 4 is 34.6 Å². The number of rotatable bonds is 4. The molecule has 1 amide bonds. The van der Waals surface area contributed by atoms with Gasteiger partial charge in [-0.25, -0.2) is 0 Å². The molecular weight excluding hydrogens is 352 g/mol. The van der Waals surface area contributed by atoms with Crippen LogP contribution >= 0.6 is 12.2 Å². The maximum absolute atomic E-state index is 12.2. The molecule has 0 heterocycles. The summed E-state index contributed by atoms with van der Waals surface area (Å²) in [6.07, 6.45) is 0.807. The first kappa shape index (κ1) is 17.8. The van der Waals surface area contributed by atoms with E-state index in [9.17, 15) is 14.9 Å². The molecule has 0 bridgehead atoms. The van der Waals surface area contributed by atoms with Crippen molar-refractivity contribution in [2.75, 3.05) is 5.32 Å². The predicted octanol–water partition coefficient (Wildman–Crippen LogP) is 3.02. The van der Waals surface area contributed by atoms with Gasteiger partial charge in [-0.2, -0.15) is 0 Å². The molecule has 134 valence electrons. The fraction of sp³-hybridized carbons (Fsp3) is 0.222. The maximum atomic E-state index is 12.2. The van der Waals surface area contributed by atoms with Gasteiger partial charge in [0.15, 0.2) is 5.11 Å². The molecule has 3 N–H and O–H groups in total. The number of nitro groups is 1. The van der Waals surface area contributed by atoms with Crippen molar-refractivity contribution in [1.82, 2.24) is 10.9 Å². The number of thiocarbonyl (C=S) groups is 1. The van der Waals surface area contributed by atoms with Crippen LogP contribution in [0, 0.1) is 23.0 Å². The Balaban J connectivity index is 1.48. The Hall–Kier alpha value is -3.00. The average molecular weight is 370 g/mol. The maximum Gasteiger partial charge on any atom is 0.271 e. The molecule has 1 aliphatic carbocycles. The molecule has 1 aliphatic rings. The number of amides is 1. The molecule has 2 aromatic carbocycles. The highest BCUT2D eigenvalue weighted by atomic mass is 32.1. The highest BCUT2D eigenvalue weighted by molar-refractivity contribution is 7.80. The monoisotopic (exact) mass is 370 g/mol. The summed E-state index contributed by atoms with van der Waals surface area (Å²) in [7, 11) is 0. The molecule has 7 nitrogen and oxygen atoms in total. The molecule has 1 fully saturated rings. The zero-order valence-corrected chi connectivity index (χ0v) is 14.9. The third-order valence-corrected chi connectivity index (χ3v) is 4.45. The number of non-ortho nitro benzene ring substituents is 1. The zero-order chi connectivity index (χ0) is 18.7. The van der Waals surface area contributed by atoms with Crippen molar-refractivity contribution in [3.8, 4) is 0 Å². The number of hydrogen-bond donors (Lipinski definition) is 3. The zero-order valence-electron chi connectivity index (χ0n) is 14.1. The Bertz CT molecular complexity index is 854. The number of carbonyl (C=O) groups is 1.